The van der Waals surface area contributed by atoms with Crippen LogP contribution in [0.3, 0.4) is 0 Å². The largest absolute Gasteiger partial charge is 0.478 e. The van der Waals surface area contributed by atoms with Gasteiger partial charge in [0.2, 0.25) is 0 Å². The number of aromatic nitrogens is 1. The third-order valence-corrected chi connectivity index (χ3v) is 6.40. The number of carboxylic acid groups (broad SMARTS) is 1. The molecule has 160 valence electrons. The Morgan fingerprint density at radius 3 is 2.67 bits per heavy atom. The highest BCUT2D eigenvalue weighted by Gasteiger charge is 2.34. The predicted molar refractivity (Wildman–Crippen MR) is 117 cm³/mol. The summed E-state index contributed by atoms with van der Waals surface area (Å²) in [5, 5.41) is 10.00. The summed E-state index contributed by atoms with van der Waals surface area (Å²) in [4.78, 5) is 20.5. The van der Waals surface area contributed by atoms with E-state index >= 15 is 0 Å². The van der Waals surface area contributed by atoms with Crippen molar-refractivity contribution in [2.24, 2.45) is 0 Å². The number of aromatic carboxylic acids is 1. The molecule has 0 bridgehead atoms. The Morgan fingerprint density at radius 2 is 1.97 bits per heavy atom. The molecular weight excluding hydrogens is 402 g/mol. The summed E-state index contributed by atoms with van der Waals surface area (Å²) in [5.41, 5.74) is 1.56. The second kappa shape index (κ2) is 9.33. The van der Waals surface area contributed by atoms with Crippen molar-refractivity contribution < 1.29 is 14.6 Å². The molecule has 2 fully saturated rings. The lowest BCUT2D eigenvalue weighted by molar-refractivity contribution is -0.0745. The topological polar surface area (TPSA) is 65.9 Å². The zero-order valence-corrected chi connectivity index (χ0v) is 18.0. The summed E-state index contributed by atoms with van der Waals surface area (Å²) in [6, 6.07) is 12.1. The van der Waals surface area contributed by atoms with E-state index in [0.29, 0.717) is 12.1 Å². The molecule has 30 heavy (non-hydrogen) atoms. The monoisotopic (exact) mass is 429 g/mol. The van der Waals surface area contributed by atoms with Crippen molar-refractivity contribution in [1.29, 1.82) is 0 Å². The molecule has 0 amide bonds. The zero-order chi connectivity index (χ0) is 21.1. The number of anilines is 1. The van der Waals surface area contributed by atoms with Crippen molar-refractivity contribution in [2.75, 3.05) is 31.1 Å². The SMILES string of the molecule is C[C@H]1CN(C2CCN(c3cc(C(=O)O)ccn3)CC2)[C@@H](Cc2ccc(Cl)cc2)CO1. The van der Waals surface area contributed by atoms with Gasteiger partial charge in [0.05, 0.1) is 18.3 Å². The molecule has 3 heterocycles. The molecule has 4 rings (SSSR count). The third-order valence-electron chi connectivity index (χ3n) is 6.14. The molecular formula is C23H28ClN3O3. The first-order chi connectivity index (χ1) is 14.5. The quantitative estimate of drug-likeness (QED) is 0.781. The summed E-state index contributed by atoms with van der Waals surface area (Å²) in [6.07, 6.45) is 4.83. The maximum absolute atomic E-state index is 11.3. The first-order valence-electron chi connectivity index (χ1n) is 10.6. The van der Waals surface area contributed by atoms with E-state index in [1.165, 1.54) is 11.6 Å². The highest BCUT2D eigenvalue weighted by Crippen LogP contribution is 2.27. The van der Waals surface area contributed by atoms with E-state index in [9.17, 15) is 9.90 Å². The van der Waals surface area contributed by atoms with Gasteiger partial charge < -0.3 is 14.7 Å². The maximum atomic E-state index is 11.3. The first-order valence-corrected chi connectivity index (χ1v) is 10.9. The van der Waals surface area contributed by atoms with Crippen molar-refractivity contribution in [3.05, 3.63) is 58.7 Å². The average Bonchev–Trinajstić information content (AvgIpc) is 2.77. The second-order valence-corrected chi connectivity index (χ2v) is 8.69. The number of ether oxygens (including phenoxy) is 1. The van der Waals surface area contributed by atoms with E-state index < -0.39 is 5.97 Å². The van der Waals surface area contributed by atoms with Crippen LogP contribution >= 0.6 is 11.6 Å². The van der Waals surface area contributed by atoms with E-state index in [-0.39, 0.29) is 11.7 Å². The molecule has 1 aromatic carbocycles. The van der Waals surface area contributed by atoms with Gasteiger partial charge in [0.25, 0.3) is 0 Å². The molecule has 0 aliphatic carbocycles. The number of hydrogen-bond acceptors (Lipinski definition) is 5. The van der Waals surface area contributed by atoms with Gasteiger partial charge in [-0.05, 0) is 56.0 Å². The fourth-order valence-corrected chi connectivity index (χ4v) is 4.66. The van der Waals surface area contributed by atoms with Gasteiger partial charge >= 0.3 is 5.97 Å². The third kappa shape index (κ3) is 4.94. The number of nitrogens with zero attached hydrogens (tertiary/aromatic N) is 3. The van der Waals surface area contributed by atoms with Crippen LogP contribution in [0.5, 0.6) is 0 Å². The summed E-state index contributed by atoms with van der Waals surface area (Å²) in [5.74, 6) is -0.165. The van der Waals surface area contributed by atoms with Crippen molar-refractivity contribution in [3.63, 3.8) is 0 Å². The van der Waals surface area contributed by atoms with Gasteiger partial charge in [0, 0.05) is 42.9 Å². The van der Waals surface area contributed by atoms with Gasteiger partial charge in [0.15, 0.2) is 0 Å². The van der Waals surface area contributed by atoms with Gasteiger partial charge in [-0.3, -0.25) is 4.90 Å². The zero-order valence-electron chi connectivity index (χ0n) is 17.2. The fourth-order valence-electron chi connectivity index (χ4n) is 4.54. The Morgan fingerprint density at radius 1 is 1.23 bits per heavy atom. The van der Waals surface area contributed by atoms with Crippen LogP contribution in [0.25, 0.3) is 0 Å². The van der Waals surface area contributed by atoms with Crippen LogP contribution in [0.2, 0.25) is 5.02 Å². The summed E-state index contributed by atoms with van der Waals surface area (Å²) < 4.78 is 5.99. The first kappa shape index (κ1) is 21.1. The number of halogens is 1. The minimum atomic E-state index is -0.916. The Bertz CT molecular complexity index is 868. The van der Waals surface area contributed by atoms with Gasteiger partial charge in [-0.15, -0.1) is 0 Å². The van der Waals surface area contributed by atoms with Crippen LogP contribution in [-0.4, -0.2) is 65.4 Å². The lowest BCUT2D eigenvalue weighted by atomic mass is 9.96. The van der Waals surface area contributed by atoms with Gasteiger partial charge in [-0.1, -0.05) is 23.7 Å². The molecule has 2 aromatic rings. The summed E-state index contributed by atoms with van der Waals surface area (Å²) in [6.45, 7) is 5.57. The molecule has 0 unspecified atom stereocenters. The van der Waals surface area contributed by atoms with Crippen LogP contribution in [0, 0.1) is 0 Å². The van der Waals surface area contributed by atoms with Gasteiger partial charge in [-0.25, -0.2) is 9.78 Å². The predicted octanol–water partition coefficient (Wildman–Crippen LogP) is 3.73. The summed E-state index contributed by atoms with van der Waals surface area (Å²) in [7, 11) is 0. The highest BCUT2D eigenvalue weighted by atomic mass is 35.5. The summed E-state index contributed by atoms with van der Waals surface area (Å²) >= 11 is 6.04. The lowest BCUT2D eigenvalue weighted by Gasteiger charge is -2.46. The van der Waals surface area contributed by atoms with Crippen LogP contribution in [0.1, 0.15) is 35.7 Å². The molecule has 0 radical (unpaired) electrons. The minimum absolute atomic E-state index is 0.235. The van der Waals surface area contributed by atoms with Crippen molar-refractivity contribution in [2.45, 2.75) is 44.4 Å². The molecule has 1 N–H and O–H groups in total. The van der Waals surface area contributed by atoms with E-state index in [0.717, 1.165) is 56.3 Å². The highest BCUT2D eigenvalue weighted by molar-refractivity contribution is 6.30. The van der Waals surface area contributed by atoms with Crippen LogP contribution in [-0.2, 0) is 11.2 Å². The maximum Gasteiger partial charge on any atom is 0.335 e. The normalized spacial score (nSPS) is 23.5. The lowest BCUT2D eigenvalue weighted by Crippen LogP contribution is -2.56. The minimum Gasteiger partial charge on any atom is -0.478 e. The Balaban J connectivity index is 1.41. The van der Waals surface area contributed by atoms with Crippen molar-refractivity contribution in [1.82, 2.24) is 9.88 Å². The van der Waals surface area contributed by atoms with Crippen LogP contribution in [0.4, 0.5) is 5.82 Å². The van der Waals surface area contributed by atoms with Crippen LogP contribution < -0.4 is 4.90 Å². The van der Waals surface area contributed by atoms with E-state index in [2.05, 4.69) is 33.8 Å². The smallest absolute Gasteiger partial charge is 0.335 e. The Kier molecular flexibility index (Phi) is 6.56. The molecule has 2 aliphatic rings. The average molecular weight is 430 g/mol. The molecule has 2 aliphatic heterocycles. The Labute approximate surface area is 182 Å². The number of piperidine rings is 1. The molecule has 2 atom stereocenters. The van der Waals surface area contributed by atoms with Crippen molar-refractivity contribution in [3.8, 4) is 0 Å². The van der Waals surface area contributed by atoms with E-state index in [4.69, 9.17) is 16.3 Å². The number of morpholine rings is 1. The van der Waals surface area contributed by atoms with Crippen LogP contribution in [0.15, 0.2) is 42.6 Å². The second-order valence-electron chi connectivity index (χ2n) is 8.25. The number of pyridine rings is 1. The van der Waals surface area contributed by atoms with E-state index in [1.54, 1.807) is 12.3 Å². The number of carboxylic acids is 1. The number of rotatable bonds is 5. The molecule has 2 saturated heterocycles. The number of carbonyl (C=O) groups is 1. The number of benzene rings is 1. The molecule has 0 saturated carbocycles. The molecule has 7 heteroatoms. The Hall–Kier alpha value is -2.15. The molecule has 0 spiro atoms. The van der Waals surface area contributed by atoms with Crippen molar-refractivity contribution >= 4 is 23.4 Å². The number of hydrogen-bond donors (Lipinski definition) is 1. The fraction of sp³-hybridized carbons (Fsp3) is 0.478. The van der Waals surface area contributed by atoms with Gasteiger partial charge in [0.1, 0.15) is 5.82 Å². The standard InChI is InChI=1S/C23H28ClN3O3/c1-16-14-27(21(15-30-16)12-17-2-4-19(24)5-3-17)20-7-10-26(11-8-20)22-13-18(23(28)29)6-9-25-22/h2-6,9,13,16,20-21H,7-8,10-12,14-15H2,1H3,(H,28,29)/t16-,21-/m0/s1. The van der Waals surface area contributed by atoms with Gasteiger partial charge in [-0.2, -0.15) is 0 Å². The van der Waals surface area contributed by atoms with E-state index in [1.807, 2.05) is 12.1 Å². The molecule has 1 aromatic heterocycles. The molecule has 6 nitrogen and oxygen atoms in total.